The van der Waals surface area contributed by atoms with Gasteiger partial charge in [-0.05, 0) is 45.7 Å². The van der Waals surface area contributed by atoms with Gasteiger partial charge in [0.15, 0.2) is 0 Å². The molecule has 25 heavy (non-hydrogen) atoms. The fourth-order valence-electron chi connectivity index (χ4n) is 3.28. The summed E-state index contributed by atoms with van der Waals surface area (Å²) in [6.45, 7) is 6.12. The van der Waals surface area contributed by atoms with E-state index in [4.69, 9.17) is 0 Å². The number of benzene rings is 1. The van der Waals surface area contributed by atoms with Gasteiger partial charge in [0.2, 0.25) is 5.91 Å². The van der Waals surface area contributed by atoms with Gasteiger partial charge < -0.3 is 20.4 Å². The second-order valence-electron chi connectivity index (χ2n) is 7.00. The van der Waals surface area contributed by atoms with E-state index in [1.165, 1.54) is 6.92 Å². The van der Waals surface area contributed by atoms with E-state index in [1.807, 2.05) is 32.0 Å². The first-order chi connectivity index (χ1) is 11.8. The third kappa shape index (κ3) is 5.03. The van der Waals surface area contributed by atoms with Crippen LogP contribution in [0, 0.1) is 19.8 Å². The molecule has 6 nitrogen and oxygen atoms in total. The number of aliphatic hydroxyl groups excluding tert-OH is 2. The number of piperidine rings is 1. The Bertz CT molecular complexity index is 610. The molecule has 1 unspecified atom stereocenters. The van der Waals surface area contributed by atoms with Crippen molar-refractivity contribution < 1.29 is 19.8 Å². The predicted molar refractivity (Wildman–Crippen MR) is 95.2 cm³/mol. The highest BCUT2D eigenvalue weighted by Gasteiger charge is 2.30. The van der Waals surface area contributed by atoms with Gasteiger partial charge in [0.25, 0.3) is 5.91 Å². The molecule has 138 valence electrons. The Morgan fingerprint density at radius 3 is 2.48 bits per heavy atom. The highest BCUT2D eigenvalue weighted by molar-refractivity contribution is 5.95. The summed E-state index contributed by atoms with van der Waals surface area (Å²) in [5.74, 6) is -0.604. The van der Waals surface area contributed by atoms with Gasteiger partial charge in [0.05, 0.1) is 24.7 Å². The smallest absolute Gasteiger partial charge is 0.253 e. The summed E-state index contributed by atoms with van der Waals surface area (Å²) in [7, 11) is 0. The molecule has 3 atom stereocenters. The van der Waals surface area contributed by atoms with Crippen LogP contribution >= 0.6 is 0 Å². The van der Waals surface area contributed by atoms with Crippen LogP contribution in [0.25, 0.3) is 0 Å². The Hall–Kier alpha value is -1.92. The van der Waals surface area contributed by atoms with E-state index >= 15 is 0 Å². The third-order valence-electron chi connectivity index (χ3n) is 4.65. The molecule has 0 aromatic heterocycles. The van der Waals surface area contributed by atoms with Crippen LogP contribution in [0.1, 0.15) is 41.3 Å². The fraction of sp³-hybridized carbons (Fsp3) is 0.579. The van der Waals surface area contributed by atoms with Gasteiger partial charge in [-0.3, -0.25) is 9.59 Å². The summed E-state index contributed by atoms with van der Waals surface area (Å²) in [5, 5.41) is 21.5. The lowest BCUT2D eigenvalue weighted by atomic mass is 9.95. The lowest BCUT2D eigenvalue weighted by molar-refractivity contribution is -0.128. The normalized spacial score (nSPS) is 20.0. The summed E-state index contributed by atoms with van der Waals surface area (Å²) in [6, 6.07) is 5.08. The Labute approximate surface area is 148 Å². The molecule has 0 aliphatic carbocycles. The predicted octanol–water partition coefficient (Wildman–Crippen LogP) is 1.01. The summed E-state index contributed by atoms with van der Waals surface area (Å²) in [6.07, 6.45) is 0.624. The average Bonchev–Trinajstić information content (AvgIpc) is 2.57. The van der Waals surface area contributed by atoms with Gasteiger partial charge in [-0.1, -0.05) is 17.2 Å². The maximum Gasteiger partial charge on any atom is 0.253 e. The Morgan fingerprint density at radius 1 is 1.28 bits per heavy atom. The zero-order valence-electron chi connectivity index (χ0n) is 15.2. The number of nitrogens with zero attached hydrogens (tertiary/aromatic N) is 1. The van der Waals surface area contributed by atoms with E-state index in [9.17, 15) is 19.8 Å². The molecule has 2 amide bonds. The molecule has 1 aromatic rings. The van der Waals surface area contributed by atoms with Crippen LogP contribution in [-0.2, 0) is 4.79 Å². The number of amides is 2. The van der Waals surface area contributed by atoms with Gasteiger partial charge in [-0.2, -0.15) is 0 Å². The van der Waals surface area contributed by atoms with Gasteiger partial charge >= 0.3 is 0 Å². The molecule has 3 N–H and O–H groups in total. The van der Waals surface area contributed by atoms with Crippen molar-refractivity contribution in [2.24, 2.45) is 5.92 Å². The topological polar surface area (TPSA) is 89.9 Å². The summed E-state index contributed by atoms with van der Waals surface area (Å²) in [5.41, 5.74) is 2.73. The first kappa shape index (κ1) is 19.4. The number of aliphatic hydroxyl groups is 2. The van der Waals surface area contributed by atoms with Gasteiger partial charge in [-0.25, -0.2) is 0 Å². The minimum absolute atomic E-state index is 0.0569. The van der Waals surface area contributed by atoms with Crippen molar-refractivity contribution >= 4 is 11.8 Å². The van der Waals surface area contributed by atoms with Crippen molar-refractivity contribution in [2.75, 3.05) is 19.7 Å². The first-order valence-electron chi connectivity index (χ1n) is 8.78. The van der Waals surface area contributed by atoms with E-state index in [1.54, 1.807) is 4.90 Å². The molecule has 2 rings (SSSR count). The van der Waals surface area contributed by atoms with Crippen LogP contribution in [0.15, 0.2) is 18.2 Å². The molecule has 1 fully saturated rings. The van der Waals surface area contributed by atoms with Gasteiger partial charge in [0.1, 0.15) is 0 Å². The van der Waals surface area contributed by atoms with Crippen molar-refractivity contribution in [1.82, 2.24) is 10.2 Å². The van der Waals surface area contributed by atoms with E-state index < -0.39 is 12.1 Å². The molecule has 0 radical (unpaired) electrons. The molecule has 1 heterocycles. The maximum absolute atomic E-state index is 12.8. The van der Waals surface area contributed by atoms with E-state index in [0.717, 1.165) is 17.5 Å². The highest BCUT2D eigenvalue weighted by Crippen LogP contribution is 2.20. The lowest BCUT2D eigenvalue weighted by Gasteiger charge is -2.33. The first-order valence-corrected chi connectivity index (χ1v) is 8.78. The maximum atomic E-state index is 12.8. The van der Waals surface area contributed by atoms with Crippen molar-refractivity contribution in [2.45, 2.75) is 45.8 Å². The zero-order chi connectivity index (χ0) is 18.6. The molecule has 1 aromatic carbocycles. The summed E-state index contributed by atoms with van der Waals surface area (Å²) < 4.78 is 0. The minimum atomic E-state index is -0.828. The van der Waals surface area contributed by atoms with Crippen LogP contribution in [0.5, 0.6) is 0 Å². The van der Waals surface area contributed by atoms with Crippen LogP contribution in [-0.4, -0.2) is 58.8 Å². The average molecular weight is 348 g/mol. The van der Waals surface area contributed by atoms with Crippen molar-refractivity contribution in [3.63, 3.8) is 0 Å². The second kappa shape index (κ2) is 8.45. The molecule has 1 aliphatic rings. The zero-order valence-corrected chi connectivity index (χ0v) is 15.2. The number of hydrogen-bond acceptors (Lipinski definition) is 4. The van der Waals surface area contributed by atoms with Crippen molar-refractivity contribution in [3.8, 4) is 0 Å². The number of carbonyl (C=O) groups excluding carboxylic acids is 2. The Kier molecular flexibility index (Phi) is 6.56. The largest absolute Gasteiger partial charge is 0.394 e. The summed E-state index contributed by atoms with van der Waals surface area (Å²) in [4.78, 5) is 26.9. The van der Waals surface area contributed by atoms with Gasteiger partial charge in [0, 0.05) is 18.7 Å². The van der Waals surface area contributed by atoms with E-state index in [-0.39, 0.29) is 24.3 Å². The molecule has 0 saturated carbocycles. The Balaban J connectivity index is 2.04. The van der Waals surface area contributed by atoms with E-state index in [2.05, 4.69) is 5.32 Å². The van der Waals surface area contributed by atoms with E-state index in [0.29, 0.717) is 25.1 Å². The molecule has 6 heteroatoms. The number of aryl methyl sites for hydroxylation is 2. The third-order valence-corrected chi connectivity index (χ3v) is 4.65. The van der Waals surface area contributed by atoms with Crippen LogP contribution in [0.4, 0.5) is 0 Å². The molecule has 1 aliphatic heterocycles. The molecule has 1 saturated heterocycles. The van der Waals surface area contributed by atoms with Crippen LogP contribution in [0.2, 0.25) is 0 Å². The monoisotopic (exact) mass is 348 g/mol. The number of rotatable bonds is 5. The number of hydrogen-bond donors (Lipinski definition) is 3. The quantitative estimate of drug-likeness (QED) is 0.741. The number of carbonyl (C=O) groups is 2. The Morgan fingerprint density at radius 2 is 1.92 bits per heavy atom. The number of nitrogens with one attached hydrogen (secondary N) is 1. The molecular weight excluding hydrogens is 320 g/mol. The minimum Gasteiger partial charge on any atom is -0.394 e. The SMILES string of the molecule is Cc1cc(C)cc(C(=O)N2CCCC(C(=O)N[C@H](CO)[C@@H](C)O)C2)c1. The lowest BCUT2D eigenvalue weighted by Crippen LogP contribution is -2.51. The second-order valence-corrected chi connectivity index (χ2v) is 7.00. The van der Waals surface area contributed by atoms with Crippen LogP contribution < -0.4 is 5.32 Å². The highest BCUT2D eigenvalue weighted by atomic mass is 16.3. The molecule has 0 spiro atoms. The molecular formula is C19H28N2O4. The standard InChI is InChI=1S/C19H28N2O4/c1-12-7-13(2)9-16(8-12)19(25)21-6-4-5-15(10-21)18(24)20-17(11-22)14(3)23/h7-9,14-15,17,22-23H,4-6,10-11H2,1-3H3,(H,20,24)/t14-,15?,17-/m1/s1. The van der Waals surface area contributed by atoms with Crippen molar-refractivity contribution in [3.05, 3.63) is 34.9 Å². The van der Waals surface area contributed by atoms with Crippen LogP contribution in [0.3, 0.4) is 0 Å². The summed E-state index contributed by atoms with van der Waals surface area (Å²) >= 11 is 0. The van der Waals surface area contributed by atoms with Gasteiger partial charge in [-0.15, -0.1) is 0 Å². The fourth-order valence-corrected chi connectivity index (χ4v) is 3.28. The van der Waals surface area contributed by atoms with Crippen molar-refractivity contribution in [1.29, 1.82) is 0 Å². The molecule has 0 bridgehead atoms. The number of likely N-dealkylation sites (tertiary alicyclic amines) is 1.